The number of thioether (sulfide) groups is 1. The van der Waals surface area contributed by atoms with Gasteiger partial charge < -0.3 is 11.1 Å². The molecule has 0 atom stereocenters. The van der Waals surface area contributed by atoms with Gasteiger partial charge in [0.2, 0.25) is 0 Å². The number of aromatic nitrogens is 1. The maximum absolute atomic E-state index is 11.7. The van der Waals surface area contributed by atoms with E-state index < -0.39 is 0 Å². The topological polar surface area (TPSA) is 68.0 Å². The lowest BCUT2D eigenvalue weighted by Crippen LogP contribution is -2.26. The molecule has 0 spiro atoms. The first-order valence-corrected chi connectivity index (χ1v) is 6.39. The zero-order valence-electron chi connectivity index (χ0n) is 9.07. The summed E-state index contributed by atoms with van der Waals surface area (Å²) < 4.78 is 0. The zero-order chi connectivity index (χ0) is 12.7. The summed E-state index contributed by atoms with van der Waals surface area (Å²) in [4.78, 5) is 15.5. The smallest absolute Gasteiger partial charge is 0.253 e. The predicted molar refractivity (Wildman–Crippen MR) is 72.2 cm³/mol. The van der Waals surface area contributed by atoms with Crippen LogP contribution in [-0.2, 0) is 0 Å². The van der Waals surface area contributed by atoms with Crippen molar-refractivity contribution in [2.45, 2.75) is 0 Å². The molecular formula is C11H12ClN3OS. The summed E-state index contributed by atoms with van der Waals surface area (Å²) in [7, 11) is 0. The van der Waals surface area contributed by atoms with E-state index in [-0.39, 0.29) is 11.1 Å². The molecule has 17 heavy (non-hydrogen) atoms. The Hall–Kier alpha value is -1.38. The fourth-order valence-corrected chi connectivity index (χ4v) is 1.77. The fraction of sp³-hybridized carbons (Fsp3) is 0.273. The normalized spacial score (nSPS) is 9.65. The zero-order valence-corrected chi connectivity index (χ0v) is 10.6. The maximum atomic E-state index is 11.7. The third-order valence-electron chi connectivity index (χ3n) is 1.86. The summed E-state index contributed by atoms with van der Waals surface area (Å²) in [5.74, 6) is 3.65. The van der Waals surface area contributed by atoms with E-state index in [4.69, 9.17) is 23.8 Å². The predicted octanol–water partition coefficient (Wildman–Crippen LogP) is 1.41. The molecular weight excluding hydrogens is 258 g/mol. The molecule has 4 nitrogen and oxygen atoms in total. The van der Waals surface area contributed by atoms with Crippen molar-refractivity contribution < 1.29 is 4.79 Å². The number of hydrogen-bond donors (Lipinski definition) is 2. The number of amides is 1. The van der Waals surface area contributed by atoms with Crippen LogP contribution in [0.5, 0.6) is 0 Å². The van der Waals surface area contributed by atoms with Crippen LogP contribution < -0.4 is 11.1 Å². The average molecular weight is 270 g/mol. The molecule has 0 radical (unpaired) electrons. The van der Waals surface area contributed by atoms with Crippen molar-refractivity contribution in [3.63, 3.8) is 0 Å². The third kappa shape index (κ3) is 4.55. The first kappa shape index (κ1) is 13.7. The Labute approximate surface area is 109 Å². The Bertz CT molecular complexity index is 445. The largest absolute Gasteiger partial charge is 0.397 e. The Morgan fingerprint density at radius 3 is 3.18 bits per heavy atom. The summed E-state index contributed by atoms with van der Waals surface area (Å²) in [5.41, 5.74) is 6.28. The number of pyridine rings is 1. The monoisotopic (exact) mass is 269 g/mol. The molecule has 0 saturated heterocycles. The summed E-state index contributed by atoms with van der Waals surface area (Å²) >= 11 is 7.27. The number of nitrogen functional groups attached to an aromatic ring is 1. The van der Waals surface area contributed by atoms with Gasteiger partial charge in [-0.2, -0.15) is 0 Å². The highest BCUT2D eigenvalue weighted by Crippen LogP contribution is 2.14. The number of halogens is 1. The van der Waals surface area contributed by atoms with Gasteiger partial charge in [0, 0.05) is 12.3 Å². The fourth-order valence-electron chi connectivity index (χ4n) is 1.10. The number of terminal acetylenes is 1. The first-order valence-electron chi connectivity index (χ1n) is 4.85. The van der Waals surface area contributed by atoms with Gasteiger partial charge >= 0.3 is 0 Å². The SMILES string of the molecule is C#CCSCCNC(=O)c1cc(Cl)ncc1N. The molecule has 1 amide bonds. The molecule has 0 saturated carbocycles. The number of nitrogens with one attached hydrogen (secondary N) is 1. The molecule has 0 bridgehead atoms. The molecule has 3 N–H and O–H groups in total. The number of hydrogen-bond acceptors (Lipinski definition) is 4. The summed E-state index contributed by atoms with van der Waals surface area (Å²) in [5, 5.41) is 2.97. The van der Waals surface area contributed by atoms with E-state index in [1.54, 1.807) is 11.8 Å². The van der Waals surface area contributed by atoms with E-state index in [9.17, 15) is 4.79 Å². The first-order chi connectivity index (χ1) is 8.15. The lowest BCUT2D eigenvalue weighted by Gasteiger charge is -2.06. The van der Waals surface area contributed by atoms with Gasteiger partial charge in [-0.15, -0.1) is 18.2 Å². The van der Waals surface area contributed by atoms with E-state index in [0.29, 0.717) is 23.5 Å². The number of anilines is 1. The van der Waals surface area contributed by atoms with E-state index in [0.717, 1.165) is 5.75 Å². The van der Waals surface area contributed by atoms with Crippen molar-refractivity contribution in [1.82, 2.24) is 10.3 Å². The lowest BCUT2D eigenvalue weighted by atomic mass is 10.2. The Morgan fingerprint density at radius 2 is 2.47 bits per heavy atom. The number of carbonyl (C=O) groups is 1. The van der Waals surface area contributed by atoms with Crippen LogP contribution in [-0.4, -0.2) is 28.9 Å². The second kappa shape index (κ2) is 7.05. The van der Waals surface area contributed by atoms with Crippen molar-refractivity contribution >= 4 is 35.0 Å². The van der Waals surface area contributed by atoms with E-state index in [2.05, 4.69) is 16.2 Å². The second-order valence-electron chi connectivity index (χ2n) is 3.11. The van der Waals surface area contributed by atoms with Crippen molar-refractivity contribution in [2.24, 2.45) is 0 Å². The molecule has 1 rings (SSSR count). The molecule has 0 aromatic carbocycles. The van der Waals surface area contributed by atoms with Gasteiger partial charge in [-0.3, -0.25) is 4.79 Å². The molecule has 6 heteroatoms. The van der Waals surface area contributed by atoms with Crippen LogP contribution in [0.3, 0.4) is 0 Å². The second-order valence-corrected chi connectivity index (χ2v) is 4.60. The minimum Gasteiger partial charge on any atom is -0.397 e. The van der Waals surface area contributed by atoms with Gasteiger partial charge in [-0.25, -0.2) is 4.98 Å². The Balaban J connectivity index is 2.47. The van der Waals surface area contributed by atoms with E-state index >= 15 is 0 Å². The molecule has 1 aromatic rings. The van der Waals surface area contributed by atoms with E-state index in [1.807, 2.05) is 0 Å². The molecule has 0 unspecified atom stereocenters. The van der Waals surface area contributed by atoms with Crippen molar-refractivity contribution in [3.8, 4) is 12.3 Å². The van der Waals surface area contributed by atoms with Crippen molar-refractivity contribution in [2.75, 3.05) is 23.8 Å². The van der Waals surface area contributed by atoms with Gasteiger partial charge in [0.1, 0.15) is 5.15 Å². The van der Waals surface area contributed by atoms with Gasteiger partial charge in [-0.1, -0.05) is 17.5 Å². The minimum atomic E-state index is -0.256. The van der Waals surface area contributed by atoms with Crippen LogP contribution in [0, 0.1) is 12.3 Å². The Morgan fingerprint density at radius 1 is 1.71 bits per heavy atom. The summed E-state index contributed by atoms with van der Waals surface area (Å²) in [6.45, 7) is 0.532. The van der Waals surface area contributed by atoms with Gasteiger partial charge in [0.15, 0.2) is 0 Å². The molecule has 90 valence electrons. The summed E-state index contributed by atoms with van der Waals surface area (Å²) in [6.07, 6.45) is 6.47. The quantitative estimate of drug-likeness (QED) is 0.482. The molecule has 0 fully saturated rings. The Kier molecular flexibility index (Phi) is 5.67. The summed E-state index contributed by atoms with van der Waals surface area (Å²) in [6, 6.07) is 1.45. The number of nitrogens with two attached hydrogens (primary N) is 1. The highest BCUT2D eigenvalue weighted by Gasteiger charge is 2.10. The molecule has 0 aliphatic carbocycles. The average Bonchev–Trinajstić information content (AvgIpc) is 2.32. The van der Waals surface area contributed by atoms with E-state index in [1.165, 1.54) is 12.3 Å². The third-order valence-corrected chi connectivity index (χ3v) is 2.93. The van der Waals surface area contributed by atoms with Crippen molar-refractivity contribution in [3.05, 3.63) is 23.0 Å². The molecule has 0 aliphatic heterocycles. The van der Waals surface area contributed by atoms with Gasteiger partial charge in [-0.05, 0) is 6.07 Å². The highest BCUT2D eigenvalue weighted by molar-refractivity contribution is 7.99. The molecule has 1 aromatic heterocycles. The van der Waals surface area contributed by atoms with Crippen LogP contribution in [0.15, 0.2) is 12.3 Å². The van der Waals surface area contributed by atoms with Crippen LogP contribution in [0.1, 0.15) is 10.4 Å². The van der Waals surface area contributed by atoms with Crippen LogP contribution in [0.25, 0.3) is 0 Å². The number of rotatable bonds is 5. The number of carbonyl (C=O) groups excluding carboxylic acids is 1. The minimum absolute atomic E-state index is 0.242. The standard InChI is InChI=1S/C11H12ClN3OS/c1-2-4-17-5-3-14-11(16)8-6-10(12)15-7-9(8)13/h1,6-7H,3-5,13H2,(H,14,16). The molecule has 0 aliphatic rings. The van der Waals surface area contributed by atoms with Crippen LogP contribution >= 0.6 is 23.4 Å². The lowest BCUT2D eigenvalue weighted by molar-refractivity contribution is 0.0957. The van der Waals surface area contributed by atoms with Crippen molar-refractivity contribution in [1.29, 1.82) is 0 Å². The van der Waals surface area contributed by atoms with Gasteiger partial charge in [0.05, 0.1) is 23.2 Å². The van der Waals surface area contributed by atoms with Crippen LogP contribution in [0.4, 0.5) is 5.69 Å². The highest BCUT2D eigenvalue weighted by atomic mass is 35.5. The maximum Gasteiger partial charge on any atom is 0.253 e. The van der Waals surface area contributed by atoms with Crippen LogP contribution in [0.2, 0.25) is 5.15 Å². The molecule has 1 heterocycles. The number of nitrogens with zero attached hydrogens (tertiary/aromatic N) is 1. The van der Waals surface area contributed by atoms with Gasteiger partial charge in [0.25, 0.3) is 5.91 Å².